The number of carbonyl (C=O) groups excluding carboxylic acids is 2. The summed E-state index contributed by atoms with van der Waals surface area (Å²) in [5.41, 5.74) is 2.58. The van der Waals surface area contributed by atoms with E-state index in [9.17, 15) is 9.59 Å². The van der Waals surface area contributed by atoms with Gasteiger partial charge in [-0.15, -0.1) is 0 Å². The molecule has 0 fully saturated rings. The Morgan fingerprint density at radius 1 is 1.14 bits per heavy atom. The number of anilines is 1. The Bertz CT molecular complexity index is 559. The zero-order chi connectivity index (χ0) is 16.9. The van der Waals surface area contributed by atoms with Gasteiger partial charge in [0.25, 0.3) is 0 Å². The van der Waals surface area contributed by atoms with Crippen LogP contribution in [0.4, 0.5) is 5.69 Å². The quantitative estimate of drug-likeness (QED) is 0.848. The smallest absolute Gasteiger partial charge is 0.306 e. The fourth-order valence-electron chi connectivity index (χ4n) is 2.17. The zero-order valence-corrected chi connectivity index (χ0v) is 14.2. The highest BCUT2D eigenvalue weighted by Gasteiger charge is 2.22. The molecular weight excluding hydrogens is 282 g/mol. The Morgan fingerprint density at radius 3 is 2.27 bits per heavy atom. The molecule has 0 atom stereocenters. The van der Waals surface area contributed by atoms with Crippen LogP contribution >= 0.6 is 0 Å². The molecule has 5 heteroatoms. The van der Waals surface area contributed by atoms with Crippen LogP contribution in [0.3, 0.4) is 0 Å². The number of benzene rings is 1. The molecule has 0 aliphatic heterocycles. The Kier molecular flexibility index (Phi) is 5.97. The summed E-state index contributed by atoms with van der Waals surface area (Å²) in [6.07, 6.45) is 0.136. The maximum Gasteiger partial charge on any atom is 0.306 e. The molecule has 22 heavy (non-hydrogen) atoms. The van der Waals surface area contributed by atoms with E-state index in [0.717, 1.165) is 11.1 Å². The first-order valence-corrected chi connectivity index (χ1v) is 7.24. The number of aryl methyl sites for hydroxylation is 1. The van der Waals surface area contributed by atoms with E-state index in [1.807, 2.05) is 13.0 Å². The monoisotopic (exact) mass is 307 g/mol. The fraction of sp³-hybridized carbons (Fsp3) is 0.529. The third kappa shape index (κ3) is 4.76. The first-order valence-electron chi connectivity index (χ1n) is 7.24. The molecule has 5 nitrogen and oxygen atoms in total. The molecule has 0 aromatic heterocycles. The normalized spacial score (nSPS) is 11.0. The van der Waals surface area contributed by atoms with E-state index in [4.69, 9.17) is 4.74 Å². The van der Waals surface area contributed by atoms with Gasteiger partial charge in [-0.05, 0) is 24.0 Å². The zero-order valence-electron chi connectivity index (χ0n) is 14.2. The largest absolute Gasteiger partial charge is 0.494 e. The molecule has 0 saturated heterocycles. The van der Waals surface area contributed by atoms with Gasteiger partial charge in [0.2, 0.25) is 5.91 Å². The number of ether oxygens (including phenoxy) is 2. The van der Waals surface area contributed by atoms with Crippen LogP contribution in [-0.2, 0) is 19.7 Å². The minimum absolute atomic E-state index is 0.0581. The summed E-state index contributed by atoms with van der Waals surface area (Å²) in [6.45, 7) is 8.24. The maximum absolute atomic E-state index is 12.0. The Morgan fingerprint density at radius 2 is 1.77 bits per heavy atom. The van der Waals surface area contributed by atoms with E-state index < -0.39 is 5.97 Å². The highest BCUT2D eigenvalue weighted by Crippen LogP contribution is 2.38. The second-order valence-corrected chi connectivity index (χ2v) is 6.27. The van der Waals surface area contributed by atoms with Crippen LogP contribution in [-0.4, -0.2) is 26.1 Å². The molecule has 0 aliphatic carbocycles. The van der Waals surface area contributed by atoms with Gasteiger partial charge in [-0.1, -0.05) is 26.8 Å². The number of nitrogens with one attached hydrogen (secondary N) is 1. The van der Waals surface area contributed by atoms with Crippen molar-refractivity contribution in [1.29, 1.82) is 0 Å². The Balaban J connectivity index is 3.02. The summed E-state index contributed by atoms with van der Waals surface area (Å²) in [5.74, 6) is 0.0143. The van der Waals surface area contributed by atoms with Crippen molar-refractivity contribution in [2.24, 2.45) is 0 Å². The van der Waals surface area contributed by atoms with Crippen LogP contribution in [0.2, 0.25) is 0 Å². The lowest BCUT2D eigenvalue weighted by atomic mass is 9.85. The number of carbonyl (C=O) groups is 2. The van der Waals surface area contributed by atoms with Crippen molar-refractivity contribution in [3.8, 4) is 5.75 Å². The minimum Gasteiger partial charge on any atom is -0.494 e. The number of hydrogen-bond donors (Lipinski definition) is 1. The molecule has 0 bridgehead atoms. The van der Waals surface area contributed by atoms with E-state index in [2.05, 4.69) is 36.9 Å². The number of esters is 1. The SMILES string of the molecule is COC(=O)CCC(=O)Nc1cc(C)cc(C(C)(C)C)c1OC. The van der Waals surface area contributed by atoms with Crippen molar-refractivity contribution in [3.63, 3.8) is 0 Å². The molecule has 1 rings (SSSR count). The summed E-state index contributed by atoms with van der Waals surface area (Å²) in [5, 5.41) is 2.82. The molecule has 0 unspecified atom stereocenters. The first-order chi connectivity index (χ1) is 10.2. The summed E-state index contributed by atoms with van der Waals surface area (Å²) in [4.78, 5) is 23.1. The molecular formula is C17H25NO4. The molecule has 1 amide bonds. The molecule has 0 spiro atoms. The van der Waals surface area contributed by atoms with Gasteiger partial charge in [-0.25, -0.2) is 0 Å². The predicted molar refractivity (Wildman–Crippen MR) is 86.3 cm³/mol. The Hall–Kier alpha value is -2.04. The summed E-state index contributed by atoms with van der Waals surface area (Å²) in [6, 6.07) is 3.92. The van der Waals surface area contributed by atoms with Crippen molar-refractivity contribution in [1.82, 2.24) is 0 Å². The van der Waals surface area contributed by atoms with Crippen LogP contribution in [0.5, 0.6) is 5.75 Å². The highest BCUT2D eigenvalue weighted by atomic mass is 16.5. The van der Waals surface area contributed by atoms with Crippen LogP contribution in [0.1, 0.15) is 44.7 Å². The van der Waals surface area contributed by atoms with Gasteiger partial charge >= 0.3 is 5.97 Å². The average Bonchev–Trinajstić information content (AvgIpc) is 2.43. The van der Waals surface area contributed by atoms with E-state index >= 15 is 0 Å². The van der Waals surface area contributed by atoms with Crippen molar-refractivity contribution >= 4 is 17.6 Å². The van der Waals surface area contributed by atoms with Gasteiger partial charge in [0.05, 0.1) is 26.3 Å². The number of amides is 1. The first kappa shape index (κ1) is 18.0. The van der Waals surface area contributed by atoms with Gasteiger partial charge in [-0.3, -0.25) is 9.59 Å². The minimum atomic E-state index is -0.401. The second-order valence-electron chi connectivity index (χ2n) is 6.27. The van der Waals surface area contributed by atoms with E-state index in [1.54, 1.807) is 7.11 Å². The van der Waals surface area contributed by atoms with Crippen molar-refractivity contribution in [2.75, 3.05) is 19.5 Å². The lowest BCUT2D eigenvalue weighted by Gasteiger charge is -2.25. The predicted octanol–water partition coefficient (Wildman–Crippen LogP) is 3.19. The molecule has 1 aromatic carbocycles. The topological polar surface area (TPSA) is 64.6 Å². The van der Waals surface area contributed by atoms with Crippen molar-refractivity contribution in [2.45, 2.75) is 46.0 Å². The van der Waals surface area contributed by atoms with Crippen LogP contribution in [0, 0.1) is 6.92 Å². The number of rotatable bonds is 5. The number of methoxy groups -OCH3 is 2. The van der Waals surface area contributed by atoms with E-state index in [1.165, 1.54) is 7.11 Å². The summed E-state index contributed by atoms with van der Waals surface area (Å²) < 4.78 is 10.0. The van der Waals surface area contributed by atoms with Crippen molar-refractivity contribution < 1.29 is 19.1 Å². The maximum atomic E-state index is 12.0. The lowest BCUT2D eigenvalue weighted by molar-refractivity contribution is -0.141. The third-order valence-corrected chi connectivity index (χ3v) is 3.30. The fourth-order valence-corrected chi connectivity index (χ4v) is 2.17. The Labute approximate surface area is 132 Å². The van der Waals surface area contributed by atoms with E-state index in [-0.39, 0.29) is 24.2 Å². The molecule has 122 valence electrons. The third-order valence-electron chi connectivity index (χ3n) is 3.30. The molecule has 0 radical (unpaired) electrons. The van der Waals surface area contributed by atoms with Gasteiger partial charge in [0, 0.05) is 12.0 Å². The van der Waals surface area contributed by atoms with Crippen LogP contribution in [0.15, 0.2) is 12.1 Å². The van der Waals surface area contributed by atoms with Crippen LogP contribution in [0.25, 0.3) is 0 Å². The molecule has 0 aliphatic rings. The molecule has 0 saturated carbocycles. The average molecular weight is 307 g/mol. The molecule has 1 N–H and O–H groups in total. The summed E-state index contributed by atoms with van der Waals surface area (Å²) >= 11 is 0. The van der Waals surface area contributed by atoms with Gasteiger partial charge in [0.1, 0.15) is 5.75 Å². The second kappa shape index (κ2) is 7.29. The molecule has 1 aromatic rings. The van der Waals surface area contributed by atoms with Gasteiger partial charge in [-0.2, -0.15) is 0 Å². The molecule has 0 heterocycles. The number of hydrogen-bond acceptors (Lipinski definition) is 4. The summed E-state index contributed by atoms with van der Waals surface area (Å²) in [7, 11) is 2.89. The van der Waals surface area contributed by atoms with Gasteiger partial charge in [0.15, 0.2) is 0 Å². The van der Waals surface area contributed by atoms with Crippen molar-refractivity contribution in [3.05, 3.63) is 23.3 Å². The van der Waals surface area contributed by atoms with E-state index in [0.29, 0.717) is 11.4 Å². The highest BCUT2D eigenvalue weighted by molar-refractivity contribution is 5.94. The van der Waals surface area contributed by atoms with Crippen LogP contribution < -0.4 is 10.1 Å². The lowest BCUT2D eigenvalue weighted by Crippen LogP contribution is -2.18. The van der Waals surface area contributed by atoms with Gasteiger partial charge < -0.3 is 14.8 Å². The standard InChI is InChI=1S/C17H25NO4/c1-11-9-12(17(2,3)4)16(22-6)13(10-11)18-14(19)7-8-15(20)21-5/h9-10H,7-8H2,1-6H3,(H,18,19).